The van der Waals surface area contributed by atoms with E-state index in [-0.39, 0.29) is 25.5 Å². The van der Waals surface area contributed by atoms with Crippen molar-refractivity contribution in [1.29, 1.82) is 0 Å². The molecule has 0 aromatic rings. The Morgan fingerprint density at radius 1 is 0.879 bits per heavy atom. The van der Waals surface area contributed by atoms with Crippen LogP contribution in [0.25, 0.3) is 0 Å². The lowest BCUT2D eigenvalue weighted by molar-refractivity contribution is -0.143. The highest BCUT2D eigenvalue weighted by atomic mass is 33.1. The first-order chi connectivity index (χ1) is 15.8. The van der Waals surface area contributed by atoms with Gasteiger partial charge in [0.15, 0.2) is 0 Å². The van der Waals surface area contributed by atoms with Gasteiger partial charge < -0.3 is 20.3 Å². The molecule has 3 N–H and O–H groups in total. The lowest BCUT2D eigenvalue weighted by Crippen LogP contribution is -2.46. The molecule has 8 heteroatoms. The molecule has 0 radical (unpaired) electrons. The molecule has 0 spiro atoms. The second kappa shape index (κ2) is 22.1. The van der Waals surface area contributed by atoms with E-state index in [9.17, 15) is 19.8 Å². The average Bonchev–Trinajstić information content (AvgIpc) is 2.80. The van der Waals surface area contributed by atoms with E-state index in [0.29, 0.717) is 6.61 Å². The number of rotatable bonds is 23. The van der Waals surface area contributed by atoms with Crippen LogP contribution in [0.2, 0.25) is 0 Å². The molecule has 33 heavy (non-hydrogen) atoms. The summed E-state index contributed by atoms with van der Waals surface area (Å²) in [4.78, 5) is 23.5. The Hall–Kier alpha value is -0.440. The highest BCUT2D eigenvalue weighted by molar-refractivity contribution is 8.76. The molecule has 0 rings (SSSR count). The summed E-state index contributed by atoms with van der Waals surface area (Å²) in [5, 5.41) is 21.6. The minimum atomic E-state index is -1.32. The van der Waals surface area contributed by atoms with Crippen LogP contribution in [0.5, 0.6) is 0 Å². The van der Waals surface area contributed by atoms with Gasteiger partial charge >= 0.3 is 5.97 Å². The zero-order valence-corrected chi connectivity index (χ0v) is 22.9. The predicted octanol–water partition coefficient (Wildman–Crippen LogP) is 5.50. The first kappa shape index (κ1) is 32.6. The van der Waals surface area contributed by atoms with Crippen molar-refractivity contribution in [3.63, 3.8) is 0 Å². The molecule has 0 saturated heterocycles. The maximum absolute atomic E-state index is 11.8. The summed E-state index contributed by atoms with van der Waals surface area (Å²) in [6.07, 6.45) is 15.1. The highest BCUT2D eigenvalue weighted by Crippen LogP contribution is 2.23. The zero-order valence-electron chi connectivity index (χ0n) is 21.2. The van der Waals surface area contributed by atoms with E-state index in [0.717, 1.165) is 11.5 Å². The molecule has 0 aliphatic carbocycles. The van der Waals surface area contributed by atoms with Crippen molar-refractivity contribution in [2.45, 2.75) is 110 Å². The summed E-state index contributed by atoms with van der Waals surface area (Å²) in [7, 11) is 3.56. The Kier molecular flexibility index (Phi) is 21.8. The van der Waals surface area contributed by atoms with Crippen LogP contribution in [0.4, 0.5) is 0 Å². The van der Waals surface area contributed by atoms with Crippen LogP contribution in [0.3, 0.4) is 0 Å². The first-order valence-electron chi connectivity index (χ1n) is 12.8. The minimum absolute atomic E-state index is 0.0642. The van der Waals surface area contributed by atoms with Crippen molar-refractivity contribution in [3.05, 3.63) is 0 Å². The fraction of sp³-hybridized carbons (Fsp3) is 0.920. The molecule has 0 unspecified atom stereocenters. The number of aliphatic hydroxyl groups excluding tert-OH is 2. The van der Waals surface area contributed by atoms with E-state index >= 15 is 0 Å². The van der Waals surface area contributed by atoms with Crippen molar-refractivity contribution in [2.75, 3.05) is 31.3 Å². The molecule has 0 bridgehead atoms. The molecule has 0 fully saturated rings. The molecule has 0 saturated carbocycles. The number of esters is 1. The van der Waals surface area contributed by atoms with Crippen LogP contribution in [0.15, 0.2) is 0 Å². The van der Waals surface area contributed by atoms with E-state index in [2.05, 4.69) is 12.2 Å². The van der Waals surface area contributed by atoms with E-state index in [4.69, 9.17) is 4.74 Å². The molecule has 1 amide bonds. The van der Waals surface area contributed by atoms with Gasteiger partial charge in [0.1, 0.15) is 12.7 Å². The van der Waals surface area contributed by atoms with Gasteiger partial charge in [0.2, 0.25) is 5.91 Å². The number of hydrogen-bond acceptors (Lipinski definition) is 7. The van der Waals surface area contributed by atoms with Gasteiger partial charge in [-0.15, -0.1) is 0 Å². The van der Waals surface area contributed by atoms with Gasteiger partial charge in [-0.1, -0.05) is 113 Å². The van der Waals surface area contributed by atoms with Crippen LogP contribution < -0.4 is 5.32 Å². The number of nitrogens with one attached hydrogen (secondary N) is 1. The number of unbranched alkanes of at least 4 members (excludes halogenated alkanes) is 11. The minimum Gasteiger partial charge on any atom is -0.465 e. The number of carbonyl (C=O) groups excluding carboxylic acids is 2. The number of aliphatic hydroxyl groups is 2. The molecular weight excluding hydrogens is 458 g/mol. The van der Waals surface area contributed by atoms with Crippen molar-refractivity contribution >= 4 is 33.5 Å². The van der Waals surface area contributed by atoms with E-state index in [1.54, 1.807) is 24.6 Å². The molecular formula is C25H49NO5S2. The van der Waals surface area contributed by atoms with Gasteiger partial charge in [-0.05, 0) is 6.42 Å². The van der Waals surface area contributed by atoms with Gasteiger partial charge in [-0.25, -0.2) is 0 Å². The Balaban J connectivity index is 3.38. The third-order valence-corrected chi connectivity index (χ3v) is 8.07. The van der Waals surface area contributed by atoms with Crippen LogP contribution in [0, 0.1) is 5.41 Å². The molecule has 196 valence electrons. The van der Waals surface area contributed by atoms with E-state index in [1.165, 1.54) is 77.0 Å². The normalized spacial score (nSPS) is 12.5. The SMILES string of the molecule is CCCCCCCCCCCCCCSSCCOC(=O)CCNC(=O)[C@H](O)C(C)(C)CO. The molecule has 0 aromatic carbocycles. The fourth-order valence-electron chi connectivity index (χ4n) is 3.21. The number of ether oxygens (including phenoxy) is 1. The standard InChI is InChI=1S/C25H49NO5S2/c1-4-5-6-7-8-9-10-11-12-13-14-15-19-32-33-20-18-31-22(28)16-17-26-24(30)23(29)25(2,3)21-27/h23,27,29H,4-21H2,1-3H3,(H,26,30)/t23-/m0/s1. The maximum Gasteiger partial charge on any atom is 0.307 e. The van der Waals surface area contributed by atoms with Crippen LogP contribution in [-0.4, -0.2) is 59.5 Å². The number of amides is 1. The fourth-order valence-corrected chi connectivity index (χ4v) is 5.18. The van der Waals surface area contributed by atoms with Gasteiger partial charge in [-0.3, -0.25) is 9.59 Å². The molecule has 0 heterocycles. The molecule has 0 aliphatic rings. The molecule has 6 nitrogen and oxygen atoms in total. The summed E-state index contributed by atoms with van der Waals surface area (Å²) in [6.45, 7) is 5.62. The lowest BCUT2D eigenvalue weighted by atomic mass is 9.87. The van der Waals surface area contributed by atoms with Crippen molar-refractivity contribution in [1.82, 2.24) is 5.32 Å². The first-order valence-corrected chi connectivity index (χ1v) is 15.3. The summed E-state index contributed by atoms with van der Waals surface area (Å²) in [5.41, 5.74) is -0.924. The second-order valence-electron chi connectivity index (χ2n) is 9.34. The maximum atomic E-state index is 11.8. The van der Waals surface area contributed by atoms with Gasteiger partial charge in [0, 0.05) is 23.5 Å². The largest absolute Gasteiger partial charge is 0.465 e. The Morgan fingerprint density at radius 3 is 1.94 bits per heavy atom. The summed E-state index contributed by atoms with van der Waals surface area (Å²) in [6, 6.07) is 0. The monoisotopic (exact) mass is 507 g/mol. The number of hydrogen-bond donors (Lipinski definition) is 3. The lowest BCUT2D eigenvalue weighted by Gasteiger charge is -2.27. The van der Waals surface area contributed by atoms with Crippen LogP contribution in [0.1, 0.15) is 104 Å². The average molecular weight is 508 g/mol. The van der Waals surface area contributed by atoms with E-state index < -0.39 is 17.4 Å². The quantitative estimate of drug-likeness (QED) is 0.0955. The smallest absolute Gasteiger partial charge is 0.307 e. The van der Waals surface area contributed by atoms with Crippen molar-refractivity contribution in [3.8, 4) is 0 Å². The number of carbonyl (C=O) groups is 2. The summed E-state index contributed by atoms with van der Waals surface area (Å²) >= 11 is 0. The second-order valence-corrected chi connectivity index (χ2v) is 12.0. The highest BCUT2D eigenvalue weighted by Gasteiger charge is 2.32. The Labute approximate surface area is 210 Å². The van der Waals surface area contributed by atoms with Gasteiger partial charge in [-0.2, -0.15) is 0 Å². The predicted molar refractivity (Wildman–Crippen MR) is 141 cm³/mol. The van der Waals surface area contributed by atoms with Gasteiger partial charge in [0.05, 0.1) is 13.0 Å². The van der Waals surface area contributed by atoms with E-state index in [1.807, 2.05) is 10.8 Å². The zero-order chi connectivity index (χ0) is 24.8. The molecule has 1 atom stereocenters. The van der Waals surface area contributed by atoms with Gasteiger partial charge in [0.25, 0.3) is 0 Å². The Morgan fingerprint density at radius 2 is 1.39 bits per heavy atom. The molecule has 0 aliphatic heterocycles. The van der Waals surface area contributed by atoms with Crippen molar-refractivity contribution in [2.24, 2.45) is 5.41 Å². The van der Waals surface area contributed by atoms with Crippen molar-refractivity contribution < 1.29 is 24.5 Å². The summed E-state index contributed by atoms with van der Waals surface area (Å²) < 4.78 is 5.16. The van der Waals surface area contributed by atoms with Crippen LogP contribution in [-0.2, 0) is 14.3 Å². The molecule has 0 aromatic heterocycles. The third-order valence-electron chi connectivity index (χ3n) is 5.62. The Bertz CT molecular complexity index is 491. The summed E-state index contributed by atoms with van der Waals surface area (Å²) in [5.74, 6) is 0.934. The van der Waals surface area contributed by atoms with Crippen LogP contribution >= 0.6 is 21.6 Å². The third kappa shape index (κ3) is 19.5. The topological polar surface area (TPSA) is 95.9 Å².